The lowest BCUT2D eigenvalue weighted by atomic mass is 10.1. The Morgan fingerprint density at radius 3 is 1.88 bits per heavy atom. The Hall–Kier alpha value is -1.54. The molecule has 1 amide bonds. The van der Waals surface area contributed by atoms with E-state index in [2.05, 4.69) is 20.3 Å². The van der Waals surface area contributed by atoms with E-state index in [0.717, 1.165) is 6.42 Å². The Balaban J connectivity index is 1.79. The summed E-state index contributed by atoms with van der Waals surface area (Å²) >= 11 is 35.5. The van der Waals surface area contributed by atoms with E-state index in [1.54, 1.807) is 48.5 Å². The molecule has 0 radical (unpaired) electrons. The number of amides is 1. The number of hydrogen-bond donors (Lipinski definition) is 1. The van der Waals surface area contributed by atoms with E-state index in [-0.39, 0.29) is 23.4 Å². The highest BCUT2D eigenvalue weighted by Gasteiger charge is 2.34. The summed E-state index contributed by atoms with van der Waals surface area (Å²) in [6.07, 6.45) is 0.903. The smallest absolute Gasteiger partial charge is 0.255 e. The molecule has 0 aliphatic rings. The number of nitrogens with one attached hydrogen (secondary N) is 1. The minimum atomic E-state index is -1.95. The Bertz CT molecular complexity index is 1080. The van der Waals surface area contributed by atoms with E-state index in [1.165, 1.54) is 0 Å². The van der Waals surface area contributed by atoms with Gasteiger partial charge < -0.3 is 10.1 Å². The van der Waals surface area contributed by atoms with Gasteiger partial charge in [-0.15, -0.1) is 0 Å². The Morgan fingerprint density at radius 1 is 0.848 bits per heavy atom. The van der Waals surface area contributed by atoms with Gasteiger partial charge in [-0.1, -0.05) is 76.5 Å². The van der Waals surface area contributed by atoms with Gasteiger partial charge >= 0.3 is 0 Å². The average molecular weight is 569 g/mol. The van der Waals surface area contributed by atoms with Crippen molar-refractivity contribution in [3.05, 3.63) is 65.7 Å². The maximum Gasteiger partial charge on any atom is 0.255 e. The molecular weight excluding hydrogens is 553 g/mol. The summed E-state index contributed by atoms with van der Waals surface area (Å²) < 4.78 is 1.62. The second kappa shape index (κ2) is 10.8. The fourth-order valence-corrected chi connectivity index (χ4v) is 3.09. The van der Waals surface area contributed by atoms with E-state index < -0.39 is 7.59 Å². The van der Waals surface area contributed by atoms with Gasteiger partial charge in [0.15, 0.2) is 17.5 Å². The minimum absolute atomic E-state index is 0.133. The highest BCUT2D eigenvalue weighted by atomic mass is 35.6. The lowest BCUT2D eigenvalue weighted by Gasteiger charge is -2.15. The van der Waals surface area contributed by atoms with Gasteiger partial charge in [-0.2, -0.15) is 0 Å². The van der Waals surface area contributed by atoms with Crippen LogP contribution in [0.1, 0.15) is 35.4 Å². The lowest BCUT2D eigenvalue weighted by Crippen LogP contribution is -2.16. The van der Waals surface area contributed by atoms with Gasteiger partial charge in [0.2, 0.25) is 7.59 Å². The molecule has 6 nitrogen and oxygen atoms in total. The molecule has 174 valence electrons. The highest BCUT2D eigenvalue weighted by Crippen LogP contribution is 2.40. The summed E-state index contributed by atoms with van der Waals surface area (Å²) in [7, 11) is 0. The number of carbonyl (C=O) groups is 1. The van der Waals surface area contributed by atoms with Crippen molar-refractivity contribution in [1.29, 1.82) is 0 Å². The fourth-order valence-electron chi connectivity index (χ4n) is 2.59. The van der Waals surface area contributed by atoms with E-state index >= 15 is 0 Å². The van der Waals surface area contributed by atoms with Gasteiger partial charge in [0.05, 0.1) is 6.61 Å². The number of aromatic nitrogens is 3. The van der Waals surface area contributed by atoms with Crippen molar-refractivity contribution >= 4 is 81.2 Å². The molecule has 1 heterocycles. The maximum absolute atomic E-state index is 12.5. The molecule has 0 saturated carbocycles. The van der Waals surface area contributed by atoms with Crippen molar-refractivity contribution in [1.82, 2.24) is 15.0 Å². The zero-order valence-electron chi connectivity index (χ0n) is 17.0. The van der Waals surface area contributed by atoms with E-state index in [0.29, 0.717) is 29.2 Å². The van der Waals surface area contributed by atoms with E-state index in [4.69, 9.17) is 74.3 Å². The molecule has 2 aromatic carbocycles. The highest BCUT2D eigenvalue weighted by molar-refractivity contribution is 6.67. The molecular formula is C21H16Cl6N4O2. The maximum atomic E-state index is 12.5. The largest absolute Gasteiger partial charge is 0.494 e. The molecule has 0 unspecified atom stereocenters. The molecule has 0 aliphatic carbocycles. The van der Waals surface area contributed by atoms with Gasteiger partial charge in [-0.3, -0.25) is 4.79 Å². The number of nitrogens with zero attached hydrogens (tertiary/aromatic N) is 3. The molecule has 3 aromatic rings. The van der Waals surface area contributed by atoms with Gasteiger partial charge in [0, 0.05) is 16.8 Å². The molecule has 1 aromatic heterocycles. The van der Waals surface area contributed by atoms with Crippen LogP contribution in [0.2, 0.25) is 0 Å². The fraction of sp³-hybridized carbons (Fsp3) is 0.238. The van der Waals surface area contributed by atoms with Crippen molar-refractivity contribution in [2.75, 3.05) is 11.9 Å². The van der Waals surface area contributed by atoms with Crippen LogP contribution in [0.3, 0.4) is 0 Å². The Labute approximate surface area is 220 Å². The topological polar surface area (TPSA) is 77.0 Å². The first kappa shape index (κ1) is 26.1. The summed E-state index contributed by atoms with van der Waals surface area (Å²) in [5, 5.41) is 2.81. The van der Waals surface area contributed by atoms with Gasteiger partial charge in [-0.05, 0) is 55.0 Å². The summed E-state index contributed by atoms with van der Waals surface area (Å²) in [5.74, 6) is 0.179. The first-order chi connectivity index (χ1) is 15.5. The predicted octanol–water partition coefficient (Wildman–Crippen LogP) is 7.23. The predicted molar refractivity (Wildman–Crippen MR) is 134 cm³/mol. The molecule has 0 aliphatic heterocycles. The van der Waals surface area contributed by atoms with Crippen LogP contribution >= 0.6 is 69.6 Å². The zero-order valence-corrected chi connectivity index (χ0v) is 21.5. The SMILES string of the molecule is CCCOc1ccc(C(=O)Nc2ccc(-c3nc(C(Cl)(Cl)Cl)nc(C(Cl)(Cl)Cl)n3)cc2)cc1. The second-order valence-electron chi connectivity index (χ2n) is 6.71. The molecule has 0 fully saturated rings. The number of benzene rings is 2. The summed E-state index contributed by atoms with van der Waals surface area (Å²) in [4.78, 5) is 24.8. The van der Waals surface area contributed by atoms with Crippen LogP contribution in [0.25, 0.3) is 11.4 Å². The van der Waals surface area contributed by atoms with Crippen LogP contribution in [0.5, 0.6) is 5.75 Å². The number of hydrogen-bond acceptors (Lipinski definition) is 5. The summed E-state index contributed by atoms with van der Waals surface area (Å²) in [6, 6.07) is 13.5. The van der Waals surface area contributed by atoms with Crippen LogP contribution in [-0.2, 0) is 7.59 Å². The van der Waals surface area contributed by atoms with Gasteiger partial charge in [-0.25, -0.2) is 15.0 Å². The van der Waals surface area contributed by atoms with Crippen LogP contribution in [0.15, 0.2) is 48.5 Å². The molecule has 0 bridgehead atoms. The van der Waals surface area contributed by atoms with Crippen LogP contribution < -0.4 is 10.1 Å². The number of halogens is 6. The quantitative estimate of drug-likeness (QED) is 0.317. The minimum Gasteiger partial charge on any atom is -0.494 e. The second-order valence-corrected chi connectivity index (χ2v) is 11.3. The first-order valence-electron chi connectivity index (χ1n) is 9.52. The molecule has 0 spiro atoms. The third kappa shape index (κ3) is 7.22. The van der Waals surface area contributed by atoms with Crippen molar-refractivity contribution in [3.63, 3.8) is 0 Å². The molecule has 12 heteroatoms. The third-order valence-corrected chi connectivity index (χ3v) is 5.15. The number of anilines is 1. The normalized spacial score (nSPS) is 11.8. The van der Waals surface area contributed by atoms with Crippen LogP contribution in [0.4, 0.5) is 5.69 Å². The van der Waals surface area contributed by atoms with Crippen molar-refractivity contribution in [2.45, 2.75) is 20.9 Å². The van der Waals surface area contributed by atoms with E-state index in [1.807, 2.05) is 6.92 Å². The third-order valence-electron chi connectivity index (χ3n) is 4.13. The van der Waals surface area contributed by atoms with Crippen LogP contribution in [-0.4, -0.2) is 27.5 Å². The van der Waals surface area contributed by atoms with Crippen molar-refractivity contribution in [3.8, 4) is 17.1 Å². The Kier molecular flexibility index (Phi) is 8.54. The van der Waals surface area contributed by atoms with Gasteiger partial charge in [0.25, 0.3) is 5.91 Å². The van der Waals surface area contributed by atoms with Crippen molar-refractivity contribution in [2.24, 2.45) is 0 Å². The summed E-state index contributed by atoms with van der Waals surface area (Å²) in [6.45, 7) is 2.64. The van der Waals surface area contributed by atoms with E-state index in [9.17, 15) is 4.79 Å². The summed E-state index contributed by atoms with van der Waals surface area (Å²) in [5.41, 5.74) is 1.56. The molecule has 33 heavy (non-hydrogen) atoms. The molecule has 3 rings (SSSR count). The number of ether oxygens (including phenoxy) is 1. The Morgan fingerprint density at radius 2 is 1.39 bits per heavy atom. The molecule has 0 atom stereocenters. The average Bonchev–Trinajstić information content (AvgIpc) is 2.77. The van der Waals surface area contributed by atoms with Crippen molar-refractivity contribution < 1.29 is 9.53 Å². The van der Waals surface area contributed by atoms with Crippen LogP contribution in [0, 0.1) is 0 Å². The zero-order chi connectivity index (χ0) is 24.2. The van der Waals surface area contributed by atoms with Gasteiger partial charge in [0.1, 0.15) is 5.75 Å². The lowest BCUT2D eigenvalue weighted by molar-refractivity contribution is 0.102. The number of rotatable bonds is 6. The standard InChI is InChI=1S/C21H16Cl6N4O2/c1-2-11-33-15-9-5-13(6-10-15)17(32)28-14-7-3-12(4-8-14)16-29-18(20(22,23)24)31-19(30-16)21(25,26)27/h3-10H,2,11H2,1H3,(H,28,32). The first-order valence-corrected chi connectivity index (χ1v) is 11.8. The number of alkyl halides is 6. The number of carbonyl (C=O) groups excluding carboxylic acids is 1. The monoisotopic (exact) mass is 566 g/mol. The molecule has 0 saturated heterocycles. The molecule has 1 N–H and O–H groups in total.